The zero-order valence-electron chi connectivity index (χ0n) is 11.7. The summed E-state index contributed by atoms with van der Waals surface area (Å²) < 4.78 is 0. The van der Waals surface area contributed by atoms with E-state index in [4.69, 9.17) is 5.73 Å². The van der Waals surface area contributed by atoms with Crippen LogP contribution in [0.4, 0.5) is 0 Å². The van der Waals surface area contributed by atoms with E-state index in [9.17, 15) is 14.4 Å². The third-order valence-corrected chi connectivity index (χ3v) is 2.81. The summed E-state index contributed by atoms with van der Waals surface area (Å²) in [6.07, 6.45) is 1.23. The van der Waals surface area contributed by atoms with Crippen molar-refractivity contribution < 1.29 is 14.4 Å². The van der Waals surface area contributed by atoms with E-state index in [1.807, 2.05) is 30.3 Å². The summed E-state index contributed by atoms with van der Waals surface area (Å²) >= 11 is 0. The number of benzene rings is 1. The van der Waals surface area contributed by atoms with E-state index in [0.717, 1.165) is 11.6 Å². The zero-order valence-corrected chi connectivity index (χ0v) is 11.7. The third kappa shape index (κ3) is 6.38. The van der Waals surface area contributed by atoms with E-state index in [2.05, 4.69) is 17.2 Å². The molecule has 1 aromatic rings. The molecule has 0 saturated heterocycles. The molecular weight excluding hydrogens is 270 g/mol. The average molecular weight is 289 g/mol. The summed E-state index contributed by atoms with van der Waals surface area (Å²) in [5.41, 5.74) is 6.01. The van der Waals surface area contributed by atoms with Crippen molar-refractivity contribution in [3.63, 3.8) is 0 Å². The molecule has 0 aliphatic heterocycles. The van der Waals surface area contributed by atoms with Crippen molar-refractivity contribution >= 4 is 17.7 Å². The van der Waals surface area contributed by atoms with Crippen molar-refractivity contribution in [3.8, 4) is 0 Å². The highest BCUT2D eigenvalue weighted by molar-refractivity contribution is 5.92. The Balaban J connectivity index is 2.58. The number of nitrogens with one attached hydrogen (secondary N) is 2. The minimum atomic E-state index is -0.813. The molecule has 6 heteroatoms. The molecule has 0 aliphatic carbocycles. The van der Waals surface area contributed by atoms with Gasteiger partial charge in [0.05, 0.1) is 0 Å². The largest absolute Gasteiger partial charge is 0.370 e. The summed E-state index contributed by atoms with van der Waals surface area (Å²) in [6, 6.07) is 8.55. The minimum absolute atomic E-state index is 0.0147. The summed E-state index contributed by atoms with van der Waals surface area (Å²) in [5.74, 6) is -1.36. The van der Waals surface area contributed by atoms with E-state index in [1.54, 1.807) is 0 Å². The van der Waals surface area contributed by atoms with Crippen LogP contribution >= 0.6 is 0 Å². The number of carbonyl (C=O) groups is 3. The molecule has 0 heterocycles. The van der Waals surface area contributed by atoms with Crippen LogP contribution < -0.4 is 16.4 Å². The SMILES string of the molecule is C=CC(=O)N[C@@H](CCC(N)=O)C(=O)NCc1ccccc1. The highest BCUT2D eigenvalue weighted by Crippen LogP contribution is 2.01. The van der Waals surface area contributed by atoms with Gasteiger partial charge in [-0.3, -0.25) is 14.4 Å². The first-order valence-electron chi connectivity index (χ1n) is 6.55. The van der Waals surface area contributed by atoms with Crippen molar-refractivity contribution in [2.45, 2.75) is 25.4 Å². The van der Waals surface area contributed by atoms with E-state index in [1.165, 1.54) is 0 Å². The van der Waals surface area contributed by atoms with Gasteiger partial charge in [0.1, 0.15) is 6.04 Å². The number of primary amides is 1. The second-order valence-corrected chi connectivity index (χ2v) is 4.47. The summed E-state index contributed by atoms with van der Waals surface area (Å²) in [5, 5.41) is 5.19. The molecule has 6 nitrogen and oxygen atoms in total. The fourth-order valence-corrected chi connectivity index (χ4v) is 1.69. The Labute approximate surface area is 123 Å². The Bertz CT molecular complexity index is 514. The lowest BCUT2D eigenvalue weighted by Crippen LogP contribution is -2.46. The van der Waals surface area contributed by atoms with Crippen molar-refractivity contribution in [2.24, 2.45) is 5.73 Å². The lowest BCUT2D eigenvalue weighted by Gasteiger charge is -2.17. The molecule has 0 aromatic heterocycles. The second-order valence-electron chi connectivity index (χ2n) is 4.47. The van der Waals surface area contributed by atoms with Crippen LogP contribution in [0.15, 0.2) is 43.0 Å². The molecular formula is C15H19N3O3. The second kappa shape index (κ2) is 8.52. The van der Waals surface area contributed by atoms with Crippen LogP contribution in [0.1, 0.15) is 18.4 Å². The van der Waals surface area contributed by atoms with Crippen LogP contribution in [-0.4, -0.2) is 23.8 Å². The Morgan fingerprint density at radius 3 is 2.48 bits per heavy atom. The molecule has 1 aromatic carbocycles. The van der Waals surface area contributed by atoms with Crippen molar-refractivity contribution in [1.29, 1.82) is 0 Å². The predicted octanol–water partition coefficient (Wildman–Crippen LogP) is 0.239. The van der Waals surface area contributed by atoms with Gasteiger partial charge in [0, 0.05) is 13.0 Å². The fraction of sp³-hybridized carbons (Fsp3) is 0.267. The van der Waals surface area contributed by atoms with Gasteiger partial charge in [-0.25, -0.2) is 0 Å². The molecule has 1 atom stereocenters. The molecule has 0 radical (unpaired) electrons. The van der Waals surface area contributed by atoms with E-state index in [0.29, 0.717) is 6.54 Å². The number of hydrogen-bond acceptors (Lipinski definition) is 3. The van der Waals surface area contributed by atoms with Gasteiger partial charge in [0.15, 0.2) is 0 Å². The smallest absolute Gasteiger partial charge is 0.244 e. The van der Waals surface area contributed by atoms with Gasteiger partial charge in [0.2, 0.25) is 17.7 Å². The quantitative estimate of drug-likeness (QED) is 0.597. The summed E-state index contributed by atoms with van der Waals surface area (Å²) in [4.78, 5) is 34.2. The van der Waals surface area contributed by atoms with Crippen molar-refractivity contribution in [1.82, 2.24) is 10.6 Å². The minimum Gasteiger partial charge on any atom is -0.370 e. The van der Waals surface area contributed by atoms with Gasteiger partial charge in [-0.1, -0.05) is 36.9 Å². The Hall–Kier alpha value is -2.63. The molecule has 0 unspecified atom stereocenters. The maximum absolute atomic E-state index is 12.1. The highest BCUT2D eigenvalue weighted by atomic mass is 16.2. The monoisotopic (exact) mass is 289 g/mol. The predicted molar refractivity (Wildman–Crippen MR) is 78.8 cm³/mol. The Morgan fingerprint density at radius 1 is 1.24 bits per heavy atom. The van der Waals surface area contributed by atoms with Crippen molar-refractivity contribution in [3.05, 3.63) is 48.6 Å². The van der Waals surface area contributed by atoms with Gasteiger partial charge < -0.3 is 16.4 Å². The number of amides is 3. The van der Waals surface area contributed by atoms with Gasteiger partial charge in [0.25, 0.3) is 0 Å². The van der Waals surface area contributed by atoms with Crippen LogP contribution in [0.2, 0.25) is 0 Å². The number of carbonyl (C=O) groups excluding carboxylic acids is 3. The normalized spacial score (nSPS) is 11.2. The van der Waals surface area contributed by atoms with Crippen LogP contribution in [0, 0.1) is 0 Å². The van der Waals surface area contributed by atoms with Crippen LogP contribution in [0.5, 0.6) is 0 Å². The maximum atomic E-state index is 12.1. The maximum Gasteiger partial charge on any atom is 0.244 e. The molecule has 0 fully saturated rings. The number of nitrogens with two attached hydrogens (primary N) is 1. The molecule has 0 spiro atoms. The first-order chi connectivity index (χ1) is 10.0. The lowest BCUT2D eigenvalue weighted by atomic mass is 10.1. The summed E-state index contributed by atoms with van der Waals surface area (Å²) in [7, 11) is 0. The molecule has 0 saturated carbocycles. The van der Waals surface area contributed by atoms with Gasteiger partial charge >= 0.3 is 0 Å². The topological polar surface area (TPSA) is 101 Å². The Kier molecular flexibility index (Phi) is 6.67. The van der Waals surface area contributed by atoms with Gasteiger partial charge in [-0.05, 0) is 18.1 Å². The first kappa shape index (κ1) is 16.4. The average Bonchev–Trinajstić information content (AvgIpc) is 2.49. The lowest BCUT2D eigenvalue weighted by molar-refractivity contribution is -0.127. The van der Waals surface area contributed by atoms with E-state index in [-0.39, 0.29) is 18.7 Å². The van der Waals surface area contributed by atoms with Crippen LogP contribution in [0.3, 0.4) is 0 Å². The van der Waals surface area contributed by atoms with Crippen LogP contribution in [0.25, 0.3) is 0 Å². The third-order valence-electron chi connectivity index (χ3n) is 2.81. The van der Waals surface area contributed by atoms with Crippen molar-refractivity contribution in [2.75, 3.05) is 0 Å². The molecule has 4 N–H and O–H groups in total. The first-order valence-corrected chi connectivity index (χ1v) is 6.55. The van der Waals surface area contributed by atoms with E-state index >= 15 is 0 Å². The zero-order chi connectivity index (χ0) is 15.7. The van der Waals surface area contributed by atoms with Gasteiger partial charge in [-0.2, -0.15) is 0 Å². The molecule has 21 heavy (non-hydrogen) atoms. The number of hydrogen-bond donors (Lipinski definition) is 3. The number of rotatable bonds is 8. The summed E-state index contributed by atoms with van der Waals surface area (Å²) in [6.45, 7) is 3.67. The molecule has 1 rings (SSSR count). The molecule has 112 valence electrons. The molecule has 0 bridgehead atoms. The van der Waals surface area contributed by atoms with E-state index < -0.39 is 17.9 Å². The Morgan fingerprint density at radius 2 is 1.90 bits per heavy atom. The van der Waals surface area contributed by atoms with Crippen LogP contribution in [-0.2, 0) is 20.9 Å². The fourth-order valence-electron chi connectivity index (χ4n) is 1.69. The standard InChI is InChI=1S/C15H19N3O3/c1-2-14(20)18-12(8-9-13(16)19)15(21)17-10-11-6-4-3-5-7-11/h2-7,12H,1,8-10H2,(H2,16,19)(H,17,21)(H,18,20)/t12-/m0/s1. The molecule has 3 amide bonds. The molecule has 0 aliphatic rings. The van der Waals surface area contributed by atoms with Gasteiger partial charge in [-0.15, -0.1) is 0 Å². The highest BCUT2D eigenvalue weighted by Gasteiger charge is 2.20.